The Bertz CT molecular complexity index is 1210. The predicted molar refractivity (Wildman–Crippen MR) is 146 cm³/mol. The molecule has 1 aliphatic heterocycles. The van der Waals surface area contributed by atoms with Crippen molar-refractivity contribution < 1.29 is 27.8 Å². The molecule has 1 aromatic carbocycles. The van der Waals surface area contributed by atoms with Crippen LogP contribution in [-0.4, -0.2) is 80.1 Å². The smallest absolute Gasteiger partial charge is 0.248 e. The second-order valence-electron chi connectivity index (χ2n) is 10.4. The Labute approximate surface area is 226 Å². The van der Waals surface area contributed by atoms with E-state index in [4.69, 9.17) is 9.47 Å². The molecule has 1 saturated heterocycles. The standard InChI is InChI=1S/C28H41N3O6S/c1-20(2)18-31(38(34,35)27-21(3)16-25(36-6)22(4)23(27)5)14-15-37-19-26(32)30-12-9-28(33,10-13-30)24-8-7-11-29-17-24/h7-8,11,16-17,20,33H,9-10,12-15,18-19H2,1-6H3. The lowest BCUT2D eigenvalue weighted by molar-refractivity contribution is -0.140. The number of aromatic nitrogens is 1. The van der Waals surface area contributed by atoms with E-state index in [1.807, 2.05) is 26.8 Å². The van der Waals surface area contributed by atoms with Gasteiger partial charge in [0.25, 0.3) is 0 Å². The van der Waals surface area contributed by atoms with Crippen LogP contribution in [0.1, 0.15) is 48.9 Å². The molecule has 0 unspecified atom stereocenters. The number of pyridine rings is 1. The molecule has 9 nitrogen and oxygen atoms in total. The molecule has 38 heavy (non-hydrogen) atoms. The van der Waals surface area contributed by atoms with Gasteiger partial charge in [0.05, 0.1) is 24.2 Å². The molecule has 1 amide bonds. The number of likely N-dealkylation sites (tertiary alicyclic amines) is 1. The molecule has 0 bridgehead atoms. The Morgan fingerprint density at radius 1 is 1.21 bits per heavy atom. The maximum atomic E-state index is 13.7. The fourth-order valence-corrected chi connectivity index (χ4v) is 7.02. The third kappa shape index (κ3) is 6.72. The monoisotopic (exact) mass is 547 g/mol. The molecule has 1 aromatic heterocycles. The average molecular weight is 548 g/mol. The maximum Gasteiger partial charge on any atom is 0.248 e. The first-order chi connectivity index (χ1) is 17.9. The fraction of sp³-hybridized carbons (Fsp3) is 0.571. The third-order valence-corrected chi connectivity index (χ3v) is 9.37. The van der Waals surface area contributed by atoms with Crippen LogP contribution in [0, 0.1) is 26.7 Å². The number of carbonyl (C=O) groups excluding carboxylic acids is 1. The van der Waals surface area contributed by atoms with Gasteiger partial charge in [-0.1, -0.05) is 19.9 Å². The van der Waals surface area contributed by atoms with Gasteiger partial charge in [0.15, 0.2) is 0 Å². The lowest BCUT2D eigenvalue weighted by Crippen LogP contribution is -2.46. The second-order valence-corrected chi connectivity index (χ2v) is 12.3. The molecular formula is C28H41N3O6S. The molecule has 1 N–H and O–H groups in total. The topological polar surface area (TPSA) is 109 Å². The van der Waals surface area contributed by atoms with Gasteiger partial charge in [0.1, 0.15) is 12.4 Å². The Balaban J connectivity index is 1.60. The quantitative estimate of drug-likeness (QED) is 0.430. The zero-order valence-electron chi connectivity index (χ0n) is 23.4. The van der Waals surface area contributed by atoms with E-state index in [0.717, 1.165) is 11.1 Å². The van der Waals surface area contributed by atoms with E-state index >= 15 is 0 Å². The van der Waals surface area contributed by atoms with Crippen molar-refractivity contribution in [2.75, 3.05) is 46.5 Å². The Kier molecular flexibility index (Phi) is 9.91. The molecule has 0 spiro atoms. The Hall–Kier alpha value is -2.53. The van der Waals surface area contributed by atoms with Crippen LogP contribution in [0.5, 0.6) is 5.75 Å². The molecule has 2 heterocycles. The second kappa shape index (κ2) is 12.5. The number of rotatable bonds is 11. The Morgan fingerprint density at radius 3 is 2.47 bits per heavy atom. The maximum absolute atomic E-state index is 13.7. The molecule has 0 atom stereocenters. The summed E-state index contributed by atoms with van der Waals surface area (Å²) in [7, 11) is -2.22. The molecule has 210 valence electrons. The third-order valence-electron chi connectivity index (χ3n) is 7.22. The van der Waals surface area contributed by atoms with Crippen LogP contribution in [0.4, 0.5) is 0 Å². The molecule has 0 radical (unpaired) electrons. The lowest BCUT2D eigenvalue weighted by atomic mass is 9.85. The highest BCUT2D eigenvalue weighted by atomic mass is 32.2. The van der Waals surface area contributed by atoms with Gasteiger partial charge in [-0.3, -0.25) is 9.78 Å². The molecular weight excluding hydrogens is 506 g/mol. The number of carbonyl (C=O) groups is 1. The number of amides is 1. The van der Waals surface area contributed by atoms with Gasteiger partial charge in [-0.15, -0.1) is 0 Å². The highest BCUT2D eigenvalue weighted by Crippen LogP contribution is 2.33. The number of piperidine rings is 1. The zero-order valence-corrected chi connectivity index (χ0v) is 24.2. The van der Waals surface area contributed by atoms with E-state index in [2.05, 4.69) is 4.98 Å². The summed E-state index contributed by atoms with van der Waals surface area (Å²) in [5.74, 6) is 0.597. The van der Waals surface area contributed by atoms with Gasteiger partial charge >= 0.3 is 0 Å². The number of ether oxygens (including phenoxy) is 2. The van der Waals surface area contributed by atoms with Gasteiger partial charge in [-0.25, -0.2) is 8.42 Å². The number of methoxy groups -OCH3 is 1. The number of sulfonamides is 1. The summed E-state index contributed by atoms with van der Waals surface area (Å²) < 4.78 is 40.0. The fourth-order valence-electron chi connectivity index (χ4n) is 4.95. The molecule has 0 aliphatic carbocycles. The largest absolute Gasteiger partial charge is 0.496 e. The van der Waals surface area contributed by atoms with Crippen LogP contribution in [0.15, 0.2) is 35.5 Å². The molecule has 2 aromatic rings. The van der Waals surface area contributed by atoms with Crippen LogP contribution in [-0.2, 0) is 25.2 Å². The first kappa shape index (κ1) is 30.0. The summed E-state index contributed by atoms with van der Waals surface area (Å²) in [6.07, 6.45) is 4.17. The van der Waals surface area contributed by atoms with Crippen molar-refractivity contribution in [3.63, 3.8) is 0 Å². The highest BCUT2D eigenvalue weighted by molar-refractivity contribution is 7.89. The molecule has 10 heteroatoms. The number of hydrogen-bond donors (Lipinski definition) is 1. The van der Waals surface area contributed by atoms with Crippen molar-refractivity contribution in [1.29, 1.82) is 0 Å². The molecule has 0 saturated carbocycles. The van der Waals surface area contributed by atoms with Gasteiger partial charge in [0.2, 0.25) is 15.9 Å². The van der Waals surface area contributed by atoms with E-state index in [-0.39, 0.29) is 31.6 Å². The van der Waals surface area contributed by atoms with E-state index < -0.39 is 15.6 Å². The van der Waals surface area contributed by atoms with Crippen molar-refractivity contribution >= 4 is 15.9 Å². The SMILES string of the molecule is COc1cc(C)c(S(=O)(=O)N(CCOCC(=O)N2CCC(O)(c3cccnc3)CC2)CC(C)C)c(C)c1C. The molecule has 3 rings (SSSR count). The van der Waals surface area contributed by atoms with Crippen molar-refractivity contribution in [3.8, 4) is 5.75 Å². The van der Waals surface area contributed by atoms with Crippen LogP contribution in [0.25, 0.3) is 0 Å². The van der Waals surface area contributed by atoms with Crippen LogP contribution < -0.4 is 4.74 Å². The van der Waals surface area contributed by atoms with Crippen molar-refractivity contribution in [3.05, 3.63) is 52.8 Å². The zero-order chi connectivity index (χ0) is 28.1. The average Bonchev–Trinajstić information content (AvgIpc) is 2.88. The minimum absolute atomic E-state index is 0.0956. The summed E-state index contributed by atoms with van der Waals surface area (Å²) >= 11 is 0. The first-order valence-electron chi connectivity index (χ1n) is 13.0. The van der Waals surface area contributed by atoms with Crippen LogP contribution in [0.2, 0.25) is 0 Å². The number of aliphatic hydroxyl groups is 1. The Morgan fingerprint density at radius 2 is 1.89 bits per heavy atom. The van der Waals surface area contributed by atoms with Crippen LogP contribution >= 0.6 is 0 Å². The van der Waals surface area contributed by atoms with Crippen molar-refractivity contribution in [2.45, 2.75) is 58.0 Å². The predicted octanol–water partition coefficient (Wildman–Crippen LogP) is 3.19. The van der Waals surface area contributed by atoms with Crippen molar-refractivity contribution in [2.24, 2.45) is 5.92 Å². The van der Waals surface area contributed by atoms with E-state index in [9.17, 15) is 18.3 Å². The first-order valence-corrected chi connectivity index (χ1v) is 14.5. The van der Waals surface area contributed by atoms with Gasteiger partial charge in [-0.05, 0) is 68.4 Å². The van der Waals surface area contributed by atoms with Crippen LogP contribution in [0.3, 0.4) is 0 Å². The minimum atomic E-state index is -3.80. The van der Waals surface area contributed by atoms with Gasteiger partial charge < -0.3 is 19.5 Å². The van der Waals surface area contributed by atoms with E-state index in [0.29, 0.717) is 54.2 Å². The summed E-state index contributed by atoms with van der Waals surface area (Å²) in [5.41, 5.74) is 1.86. The summed E-state index contributed by atoms with van der Waals surface area (Å²) in [4.78, 5) is 18.8. The molecule has 1 fully saturated rings. The van der Waals surface area contributed by atoms with E-state index in [1.165, 1.54) is 4.31 Å². The number of benzene rings is 1. The van der Waals surface area contributed by atoms with Crippen molar-refractivity contribution in [1.82, 2.24) is 14.2 Å². The minimum Gasteiger partial charge on any atom is -0.496 e. The van der Waals surface area contributed by atoms with Gasteiger partial charge in [0, 0.05) is 44.1 Å². The summed E-state index contributed by atoms with van der Waals surface area (Å²) in [5, 5.41) is 11.0. The number of nitrogens with zero attached hydrogens (tertiary/aromatic N) is 3. The molecule has 1 aliphatic rings. The highest BCUT2D eigenvalue weighted by Gasteiger charge is 2.35. The van der Waals surface area contributed by atoms with E-state index in [1.54, 1.807) is 50.4 Å². The summed E-state index contributed by atoms with van der Waals surface area (Å²) in [6.45, 7) is 10.6. The normalized spacial score (nSPS) is 15.8. The summed E-state index contributed by atoms with van der Waals surface area (Å²) in [6, 6.07) is 5.40. The number of aryl methyl sites for hydroxylation is 1. The number of hydrogen-bond acceptors (Lipinski definition) is 7. The lowest BCUT2D eigenvalue weighted by Gasteiger charge is -2.38. The van der Waals surface area contributed by atoms with Gasteiger partial charge in [-0.2, -0.15) is 4.31 Å².